The predicted molar refractivity (Wildman–Crippen MR) is 85.7 cm³/mol. The Bertz CT molecular complexity index is 580. The highest BCUT2D eigenvalue weighted by molar-refractivity contribution is 7.89. The molecule has 0 radical (unpaired) electrons. The molecule has 1 fully saturated rings. The number of benzene rings is 1. The van der Waals surface area contributed by atoms with Crippen LogP contribution in [0.4, 0.5) is 0 Å². The minimum atomic E-state index is -3.43. The highest BCUT2D eigenvalue weighted by Gasteiger charge is 2.27. The van der Waals surface area contributed by atoms with Crippen molar-refractivity contribution in [3.63, 3.8) is 0 Å². The van der Waals surface area contributed by atoms with E-state index in [1.807, 2.05) is 32.9 Å². The van der Waals surface area contributed by atoms with Gasteiger partial charge >= 0.3 is 0 Å². The SMILES string of the molecule is CCNCc1cccc(S(=O)(=O)NC(C)CC2CC2)c1C. The van der Waals surface area contributed by atoms with Crippen molar-refractivity contribution in [3.8, 4) is 0 Å². The van der Waals surface area contributed by atoms with Crippen LogP contribution < -0.4 is 10.0 Å². The summed E-state index contributed by atoms with van der Waals surface area (Å²) >= 11 is 0. The summed E-state index contributed by atoms with van der Waals surface area (Å²) in [6.45, 7) is 7.44. The first-order valence-electron chi connectivity index (χ1n) is 7.75. The fraction of sp³-hybridized carbons (Fsp3) is 0.625. The van der Waals surface area contributed by atoms with Crippen LogP contribution >= 0.6 is 0 Å². The van der Waals surface area contributed by atoms with Crippen LogP contribution in [0.1, 0.15) is 44.2 Å². The lowest BCUT2D eigenvalue weighted by Gasteiger charge is -2.17. The Morgan fingerprint density at radius 2 is 2.05 bits per heavy atom. The van der Waals surface area contributed by atoms with Crippen LogP contribution in [-0.2, 0) is 16.6 Å². The average Bonchev–Trinajstić information content (AvgIpc) is 3.20. The molecule has 1 saturated carbocycles. The molecule has 118 valence electrons. The number of nitrogens with one attached hydrogen (secondary N) is 2. The van der Waals surface area contributed by atoms with Crippen molar-refractivity contribution in [2.45, 2.75) is 57.5 Å². The average molecular weight is 310 g/mol. The van der Waals surface area contributed by atoms with E-state index in [2.05, 4.69) is 10.0 Å². The van der Waals surface area contributed by atoms with Crippen molar-refractivity contribution >= 4 is 10.0 Å². The lowest BCUT2D eigenvalue weighted by atomic mass is 10.1. The third-order valence-corrected chi connectivity index (χ3v) is 5.73. The van der Waals surface area contributed by atoms with Crippen LogP contribution in [0.3, 0.4) is 0 Å². The lowest BCUT2D eigenvalue weighted by molar-refractivity contribution is 0.529. The first-order valence-corrected chi connectivity index (χ1v) is 9.24. The molecule has 5 heteroatoms. The molecule has 0 aliphatic heterocycles. The lowest BCUT2D eigenvalue weighted by Crippen LogP contribution is -2.33. The Hall–Kier alpha value is -0.910. The molecule has 4 nitrogen and oxygen atoms in total. The van der Waals surface area contributed by atoms with E-state index in [4.69, 9.17) is 0 Å². The monoisotopic (exact) mass is 310 g/mol. The minimum absolute atomic E-state index is 0.000627. The topological polar surface area (TPSA) is 58.2 Å². The van der Waals surface area contributed by atoms with Gasteiger partial charge in [-0.3, -0.25) is 0 Å². The van der Waals surface area contributed by atoms with Crippen molar-refractivity contribution in [1.29, 1.82) is 0 Å². The van der Waals surface area contributed by atoms with E-state index in [0.29, 0.717) is 17.4 Å². The van der Waals surface area contributed by atoms with Gasteiger partial charge in [0.15, 0.2) is 0 Å². The Balaban J connectivity index is 2.14. The van der Waals surface area contributed by atoms with Gasteiger partial charge in [-0.2, -0.15) is 0 Å². The van der Waals surface area contributed by atoms with Gasteiger partial charge in [0.05, 0.1) is 4.90 Å². The maximum atomic E-state index is 12.6. The van der Waals surface area contributed by atoms with Gasteiger partial charge in [-0.05, 0) is 49.9 Å². The largest absolute Gasteiger partial charge is 0.313 e. The molecule has 0 saturated heterocycles. The Labute approximate surface area is 128 Å². The zero-order chi connectivity index (χ0) is 15.5. The molecule has 1 aromatic carbocycles. The van der Waals surface area contributed by atoms with E-state index >= 15 is 0 Å². The van der Waals surface area contributed by atoms with Crippen LogP contribution in [-0.4, -0.2) is 21.0 Å². The fourth-order valence-electron chi connectivity index (χ4n) is 2.63. The molecule has 1 aromatic rings. The van der Waals surface area contributed by atoms with E-state index in [-0.39, 0.29) is 6.04 Å². The van der Waals surface area contributed by atoms with Gasteiger partial charge in [-0.1, -0.05) is 31.9 Å². The summed E-state index contributed by atoms with van der Waals surface area (Å²) in [4.78, 5) is 0.403. The maximum absolute atomic E-state index is 12.6. The van der Waals surface area contributed by atoms with Gasteiger partial charge in [0.2, 0.25) is 10.0 Å². The summed E-state index contributed by atoms with van der Waals surface area (Å²) < 4.78 is 27.9. The zero-order valence-electron chi connectivity index (χ0n) is 13.1. The Kier molecular flexibility index (Phi) is 5.41. The molecule has 0 aromatic heterocycles. The normalized spacial score (nSPS) is 16.9. The summed E-state index contributed by atoms with van der Waals surface area (Å²) in [5, 5.41) is 3.24. The molecule has 21 heavy (non-hydrogen) atoms. The van der Waals surface area contributed by atoms with E-state index in [1.54, 1.807) is 6.07 Å². The van der Waals surface area contributed by atoms with Crippen molar-refractivity contribution in [3.05, 3.63) is 29.3 Å². The molecule has 0 amide bonds. The van der Waals surface area contributed by atoms with Gasteiger partial charge in [0, 0.05) is 12.6 Å². The predicted octanol–water partition coefficient (Wildman–Crippen LogP) is 2.57. The zero-order valence-corrected chi connectivity index (χ0v) is 14.0. The minimum Gasteiger partial charge on any atom is -0.313 e. The number of hydrogen-bond donors (Lipinski definition) is 2. The molecule has 0 bridgehead atoms. The van der Waals surface area contributed by atoms with Gasteiger partial charge < -0.3 is 5.32 Å². The van der Waals surface area contributed by atoms with Gasteiger partial charge in [0.1, 0.15) is 0 Å². The van der Waals surface area contributed by atoms with Crippen molar-refractivity contribution in [1.82, 2.24) is 10.0 Å². The summed E-state index contributed by atoms with van der Waals surface area (Å²) in [5.41, 5.74) is 1.87. The third-order valence-electron chi connectivity index (χ3n) is 3.99. The van der Waals surface area contributed by atoms with E-state index < -0.39 is 10.0 Å². The molecular formula is C16H26N2O2S. The van der Waals surface area contributed by atoms with E-state index in [1.165, 1.54) is 12.8 Å². The smallest absolute Gasteiger partial charge is 0.241 e. The second kappa shape index (κ2) is 6.90. The molecule has 2 rings (SSSR count). The number of hydrogen-bond acceptors (Lipinski definition) is 3. The molecule has 1 atom stereocenters. The van der Waals surface area contributed by atoms with Crippen molar-refractivity contribution < 1.29 is 8.42 Å². The van der Waals surface area contributed by atoms with Crippen LogP contribution in [0.5, 0.6) is 0 Å². The first kappa shape index (κ1) is 16.5. The van der Waals surface area contributed by atoms with E-state index in [9.17, 15) is 8.42 Å². The summed E-state index contributed by atoms with van der Waals surface area (Å²) in [7, 11) is -3.43. The molecule has 2 N–H and O–H groups in total. The highest BCUT2D eigenvalue weighted by Crippen LogP contribution is 2.33. The van der Waals surface area contributed by atoms with Crippen LogP contribution in [0.2, 0.25) is 0 Å². The van der Waals surface area contributed by atoms with Crippen LogP contribution in [0, 0.1) is 12.8 Å². The quantitative estimate of drug-likeness (QED) is 0.776. The maximum Gasteiger partial charge on any atom is 0.241 e. The van der Waals surface area contributed by atoms with Gasteiger partial charge in [-0.15, -0.1) is 0 Å². The number of sulfonamides is 1. The summed E-state index contributed by atoms with van der Waals surface area (Å²) in [6, 6.07) is 5.49. The second-order valence-corrected chi connectivity index (χ2v) is 7.70. The fourth-order valence-corrected chi connectivity index (χ4v) is 4.18. The second-order valence-electron chi connectivity index (χ2n) is 6.02. The highest BCUT2D eigenvalue weighted by atomic mass is 32.2. The molecule has 1 unspecified atom stereocenters. The van der Waals surface area contributed by atoms with Crippen molar-refractivity contribution in [2.24, 2.45) is 5.92 Å². The van der Waals surface area contributed by atoms with Gasteiger partial charge in [-0.25, -0.2) is 13.1 Å². The molecular weight excluding hydrogens is 284 g/mol. The third kappa shape index (κ3) is 4.53. The van der Waals surface area contributed by atoms with E-state index in [0.717, 1.165) is 24.1 Å². The molecule has 0 heterocycles. The summed E-state index contributed by atoms with van der Waals surface area (Å²) in [6.07, 6.45) is 3.42. The Morgan fingerprint density at radius 1 is 1.33 bits per heavy atom. The Morgan fingerprint density at radius 3 is 2.67 bits per heavy atom. The van der Waals surface area contributed by atoms with Gasteiger partial charge in [0.25, 0.3) is 0 Å². The van der Waals surface area contributed by atoms with Crippen molar-refractivity contribution in [2.75, 3.05) is 6.54 Å². The summed E-state index contributed by atoms with van der Waals surface area (Å²) in [5.74, 6) is 0.712. The molecule has 0 spiro atoms. The van der Waals surface area contributed by atoms with Crippen LogP contribution in [0.15, 0.2) is 23.1 Å². The standard InChI is InChI=1S/C16H26N2O2S/c1-4-17-11-15-6-5-7-16(13(15)3)21(19,20)18-12(2)10-14-8-9-14/h5-7,12,14,17-18H,4,8-11H2,1-3H3. The molecule has 1 aliphatic carbocycles. The first-order chi connectivity index (χ1) is 9.94. The van der Waals surface area contributed by atoms with Crippen LogP contribution in [0.25, 0.3) is 0 Å². The molecule has 1 aliphatic rings. The number of rotatable bonds is 8.